The van der Waals surface area contributed by atoms with Gasteiger partial charge in [0.2, 0.25) is 0 Å². The predicted octanol–water partition coefficient (Wildman–Crippen LogP) is 3.78. The van der Waals surface area contributed by atoms with E-state index in [0.717, 1.165) is 22.4 Å². The Morgan fingerprint density at radius 2 is 1.76 bits per heavy atom. The van der Waals surface area contributed by atoms with Crippen LogP contribution in [0.2, 0.25) is 0 Å². The Morgan fingerprint density at radius 1 is 0.966 bits per heavy atom. The van der Waals surface area contributed by atoms with Crippen molar-refractivity contribution in [3.8, 4) is 11.5 Å². The first kappa shape index (κ1) is 20.1. The van der Waals surface area contributed by atoms with E-state index >= 15 is 0 Å². The van der Waals surface area contributed by atoms with E-state index in [1.807, 2.05) is 44.2 Å². The Kier molecular flexibility index (Phi) is 6.29. The van der Waals surface area contributed by atoms with Crippen LogP contribution in [0.1, 0.15) is 27.2 Å². The topological polar surface area (TPSA) is 85.4 Å². The number of methoxy groups -OCH3 is 2. The quantitative estimate of drug-likeness (QED) is 0.636. The summed E-state index contributed by atoms with van der Waals surface area (Å²) in [5, 5.41) is 6.11. The van der Waals surface area contributed by atoms with Crippen LogP contribution in [0.25, 0.3) is 0 Å². The fourth-order valence-corrected chi connectivity index (χ4v) is 2.82. The van der Waals surface area contributed by atoms with Crippen LogP contribution >= 0.6 is 0 Å². The molecule has 0 radical (unpaired) electrons. The second-order valence-electron chi connectivity index (χ2n) is 6.60. The molecular formula is C22H24N4O3. The predicted molar refractivity (Wildman–Crippen MR) is 112 cm³/mol. The third-order valence-electron chi connectivity index (χ3n) is 4.46. The van der Waals surface area contributed by atoms with Gasteiger partial charge in [-0.15, -0.1) is 0 Å². The van der Waals surface area contributed by atoms with E-state index < -0.39 is 0 Å². The van der Waals surface area contributed by atoms with Gasteiger partial charge in [-0.25, -0.2) is 9.97 Å². The zero-order valence-electron chi connectivity index (χ0n) is 16.9. The summed E-state index contributed by atoms with van der Waals surface area (Å²) >= 11 is 0. The molecule has 0 atom stereocenters. The molecule has 0 bridgehead atoms. The van der Waals surface area contributed by atoms with Crippen molar-refractivity contribution in [2.24, 2.45) is 0 Å². The highest BCUT2D eigenvalue weighted by Gasteiger charge is 2.11. The Morgan fingerprint density at radius 3 is 2.52 bits per heavy atom. The third-order valence-corrected chi connectivity index (χ3v) is 4.46. The van der Waals surface area contributed by atoms with Crippen LogP contribution < -0.4 is 20.1 Å². The number of aryl methyl sites for hydroxylation is 2. The Labute approximate surface area is 170 Å². The van der Waals surface area contributed by atoms with Gasteiger partial charge in [0.1, 0.15) is 17.8 Å². The van der Waals surface area contributed by atoms with Crippen molar-refractivity contribution in [1.82, 2.24) is 15.3 Å². The molecule has 7 nitrogen and oxygen atoms in total. The molecule has 0 saturated carbocycles. The van der Waals surface area contributed by atoms with E-state index in [0.29, 0.717) is 23.9 Å². The minimum absolute atomic E-state index is 0.285. The number of benzene rings is 2. The number of anilines is 2. The molecule has 1 aromatic heterocycles. The lowest BCUT2D eigenvalue weighted by atomic mass is 10.1. The maximum Gasteiger partial charge on any atom is 0.270 e. The molecule has 0 aliphatic carbocycles. The molecule has 7 heteroatoms. The number of ether oxygens (including phenoxy) is 2. The van der Waals surface area contributed by atoms with Gasteiger partial charge in [-0.2, -0.15) is 0 Å². The van der Waals surface area contributed by atoms with Crippen LogP contribution in [0.3, 0.4) is 0 Å². The standard InChI is InChI=1S/C22H24N4O3/c1-14-5-6-15(2)17(9-14)26-21-11-18(24-13-25-21)22(27)23-12-16-7-8-19(28-3)20(10-16)29-4/h5-11,13H,12H2,1-4H3,(H,23,27)(H,24,25,26). The van der Waals surface area contributed by atoms with Crippen molar-refractivity contribution in [2.45, 2.75) is 20.4 Å². The Balaban J connectivity index is 1.69. The zero-order chi connectivity index (χ0) is 20.8. The molecule has 150 valence electrons. The summed E-state index contributed by atoms with van der Waals surface area (Å²) in [5.41, 5.74) is 4.35. The highest BCUT2D eigenvalue weighted by Crippen LogP contribution is 2.27. The summed E-state index contributed by atoms with van der Waals surface area (Å²) in [5.74, 6) is 1.53. The van der Waals surface area contributed by atoms with Crippen molar-refractivity contribution < 1.29 is 14.3 Å². The average molecular weight is 392 g/mol. The number of amides is 1. The first-order valence-electron chi connectivity index (χ1n) is 9.15. The van der Waals surface area contributed by atoms with E-state index in [1.165, 1.54) is 6.33 Å². The van der Waals surface area contributed by atoms with Gasteiger partial charge < -0.3 is 20.1 Å². The van der Waals surface area contributed by atoms with Crippen LogP contribution in [0, 0.1) is 13.8 Å². The number of carbonyl (C=O) groups is 1. The molecule has 0 fully saturated rings. The molecule has 0 saturated heterocycles. The number of rotatable bonds is 7. The molecule has 29 heavy (non-hydrogen) atoms. The van der Waals surface area contributed by atoms with Gasteiger partial charge >= 0.3 is 0 Å². The summed E-state index contributed by atoms with van der Waals surface area (Å²) < 4.78 is 10.5. The lowest BCUT2D eigenvalue weighted by Crippen LogP contribution is -2.24. The van der Waals surface area contributed by atoms with Crippen LogP contribution in [-0.4, -0.2) is 30.1 Å². The van der Waals surface area contributed by atoms with Gasteiger partial charge in [0.05, 0.1) is 14.2 Å². The van der Waals surface area contributed by atoms with Crippen molar-refractivity contribution in [3.05, 3.63) is 71.2 Å². The molecule has 0 unspecified atom stereocenters. The Bertz CT molecular complexity index is 1020. The molecule has 1 heterocycles. The minimum atomic E-state index is -0.286. The molecule has 0 spiro atoms. The highest BCUT2D eigenvalue weighted by molar-refractivity contribution is 5.93. The van der Waals surface area contributed by atoms with Crippen LogP contribution in [0.5, 0.6) is 11.5 Å². The normalized spacial score (nSPS) is 10.3. The fraction of sp³-hybridized carbons (Fsp3) is 0.227. The van der Waals surface area contributed by atoms with Crippen molar-refractivity contribution in [1.29, 1.82) is 0 Å². The summed E-state index contributed by atoms with van der Waals surface area (Å²) in [4.78, 5) is 20.8. The van der Waals surface area contributed by atoms with E-state index in [-0.39, 0.29) is 11.6 Å². The summed E-state index contributed by atoms with van der Waals surface area (Å²) in [6.45, 7) is 4.38. The number of nitrogens with zero attached hydrogens (tertiary/aromatic N) is 2. The van der Waals surface area contributed by atoms with Crippen LogP contribution in [0.4, 0.5) is 11.5 Å². The first-order valence-corrected chi connectivity index (χ1v) is 9.15. The number of aromatic nitrogens is 2. The smallest absolute Gasteiger partial charge is 0.270 e. The van der Waals surface area contributed by atoms with Gasteiger partial charge in [0.25, 0.3) is 5.91 Å². The van der Waals surface area contributed by atoms with E-state index in [1.54, 1.807) is 26.4 Å². The zero-order valence-corrected chi connectivity index (χ0v) is 16.9. The van der Waals surface area contributed by atoms with Gasteiger partial charge in [0, 0.05) is 18.3 Å². The molecule has 0 aliphatic heterocycles. The number of hydrogen-bond acceptors (Lipinski definition) is 6. The van der Waals surface area contributed by atoms with E-state index in [9.17, 15) is 4.79 Å². The number of hydrogen-bond donors (Lipinski definition) is 2. The van der Waals surface area contributed by atoms with E-state index in [4.69, 9.17) is 9.47 Å². The lowest BCUT2D eigenvalue weighted by Gasteiger charge is -2.11. The molecule has 1 amide bonds. The molecule has 3 rings (SSSR count). The first-order chi connectivity index (χ1) is 14.0. The molecule has 2 N–H and O–H groups in total. The molecule has 0 aliphatic rings. The van der Waals surface area contributed by atoms with Gasteiger partial charge in [-0.05, 0) is 48.7 Å². The van der Waals surface area contributed by atoms with Gasteiger partial charge in [-0.1, -0.05) is 18.2 Å². The maximum atomic E-state index is 12.5. The number of nitrogens with one attached hydrogen (secondary N) is 2. The van der Waals surface area contributed by atoms with E-state index in [2.05, 4.69) is 20.6 Å². The molecular weight excluding hydrogens is 368 g/mol. The van der Waals surface area contributed by atoms with Crippen molar-refractivity contribution >= 4 is 17.4 Å². The summed E-state index contributed by atoms with van der Waals surface area (Å²) in [6.07, 6.45) is 1.37. The molecule has 2 aromatic carbocycles. The van der Waals surface area contributed by atoms with Crippen molar-refractivity contribution in [2.75, 3.05) is 19.5 Å². The monoisotopic (exact) mass is 392 g/mol. The van der Waals surface area contributed by atoms with Gasteiger partial charge in [0.15, 0.2) is 11.5 Å². The van der Waals surface area contributed by atoms with Crippen LogP contribution in [0.15, 0.2) is 48.8 Å². The average Bonchev–Trinajstić information content (AvgIpc) is 2.74. The summed E-state index contributed by atoms with van der Waals surface area (Å²) in [7, 11) is 3.16. The van der Waals surface area contributed by atoms with Crippen LogP contribution in [-0.2, 0) is 6.54 Å². The highest BCUT2D eigenvalue weighted by atomic mass is 16.5. The fourth-order valence-electron chi connectivity index (χ4n) is 2.82. The maximum absolute atomic E-state index is 12.5. The second kappa shape index (κ2) is 9.05. The molecule has 3 aromatic rings. The number of carbonyl (C=O) groups excluding carboxylic acids is 1. The van der Waals surface area contributed by atoms with Gasteiger partial charge in [-0.3, -0.25) is 4.79 Å². The Hall–Kier alpha value is -3.61. The minimum Gasteiger partial charge on any atom is -0.493 e. The third kappa shape index (κ3) is 5.01. The lowest BCUT2D eigenvalue weighted by molar-refractivity contribution is 0.0945. The SMILES string of the molecule is COc1ccc(CNC(=O)c2cc(Nc3cc(C)ccc3C)ncn2)cc1OC. The largest absolute Gasteiger partial charge is 0.493 e. The second-order valence-corrected chi connectivity index (χ2v) is 6.60. The summed E-state index contributed by atoms with van der Waals surface area (Å²) in [6, 6.07) is 13.3. The van der Waals surface area contributed by atoms with Crippen molar-refractivity contribution in [3.63, 3.8) is 0 Å².